The van der Waals surface area contributed by atoms with Crippen LogP contribution in [0.4, 0.5) is 0 Å². The third kappa shape index (κ3) is 8.15. The maximum absolute atomic E-state index is 11.7. The van der Waals surface area contributed by atoms with Gasteiger partial charge in [-0.05, 0) is 77.9 Å². The summed E-state index contributed by atoms with van der Waals surface area (Å²) in [5, 5.41) is 0. The van der Waals surface area contributed by atoms with Crippen molar-refractivity contribution in [2.24, 2.45) is 10.8 Å². The summed E-state index contributed by atoms with van der Waals surface area (Å²) in [6.07, 6.45) is 16.4. The minimum Gasteiger partial charge on any atom is -0.461 e. The molecule has 2 nitrogen and oxygen atoms in total. The first-order valence-corrected chi connectivity index (χ1v) is 10.0. The lowest BCUT2D eigenvalue weighted by Crippen LogP contribution is -2.22. The molecule has 0 aromatic rings. The van der Waals surface area contributed by atoms with Crippen molar-refractivity contribution in [3.63, 3.8) is 0 Å². The van der Waals surface area contributed by atoms with Crippen molar-refractivity contribution in [3.8, 4) is 0 Å². The number of ether oxygens (including phenoxy) is 1. The van der Waals surface area contributed by atoms with Crippen molar-refractivity contribution in [1.29, 1.82) is 0 Å². The third-order valence-corrected chi connectivity index (χ3v) is 5.01. The predicted molar refractivity (Wildman–Crippen MR) is 117 cm³/mol. The van der Waals surface area contributed by atoms with Gasteiger partial charge in [-0.2, -0.15) is 0 Å². The van der Waals surface area contributed by atoms with Crippen LogP contribution < -0.4 is 0 Å². The van der Waals surface area contributed by atoms with Gasteiger partial charge in [0.2, 0.25) is 0 Å². The molecule has 1 aliphatic rings. The van der Waals surface area contributed by atoms with Crippen LogP contribution in [0.3, 0.4) is 0 Å². The molecule has 2 heteroatoms. The number of hydrogen-bond acceptors (Lipinski definition) is 2. The van der Waals surface area contributed by atoms with E-state index in [1.165, 1.54) is 36.0 Å². The van der Waals surface area contributed by atoms with E-state index < -0.39 is 5.41 Å². The first-order chi connectivity index (χ1) is 12.4. The van der Waals surface area contributed by atoms with Crippen LogP contribution in [-0.4, -0.2) is 12.6 Å². The lowest BCUT2D eigenvalue weighted by molar-refractivity contribution is -0.151. The fourth-order valence-electron chi connectivity index (χ4n) is 3.17. The zero-order valence-corrected chi connectivity index (χ0v) is 18.6. The Morgan fingerprint density at radius 1 is 1.15 bits per heavy atom. The third-order valence-electron chi connectivity index (χ3n) is 5.01. The van der Waals surface area contributed by atoms with Crippen LogP contribution in [0.25, 0.3) is 0 Å². The van der Waals surface area contributed by atoms with Crippen molar-refractivity contribution in [1.82, 2.24) is 0 Å². The SMILES string of the molecule is CC1=C(/C=C/C(C)=C/C=C/C(C)=C/COC(=O)C(C)(C)C)C(C)(C)CCC1. The molecular weight excluding hydrogens is 332 g/mol. The molecule has 0 amide bonds. The molecule has 0 unspecified atom stereocenters. The molecule has 0 aliphatic heterocycles. The highest BCUT2D eigenvalue weighted by atomic mass is 16.5. The lowest BCUT2D eigenvalue weighted by Gasteiger charge is -2.32. The highest BCUT2D eigenvalue weighted by molar-refractivity contribution is 5.75. The van der Waals surface area contributed by atoms with E-state index >= 15 is 0 Å². The summed E-state index contributed by atoms with van der Waals surface area (Å²) in [5.74, 6) is -0.174. The summed E-state index contributed by atoms with van der Waals surface area (Å²) >= 11 is 0. The molecule has 150 valence electrons. The minimum absolute atomic E-state index is 0.174. The van der Waals surface area contributed by atoms with E-state index in [1.54, 1.807) is 0 Å². The van der Waals surface area contributed by atoms with Crippen molar-refractivity contribution < 1.29 is 9.53 Å². The predicted octanol–water partition coefficient (Wildman–Crippen LogP) is 7.11. The molecule has 0 saturated heterocycles. The first-order valence-electron chi connectivity index (χ1n) is 10.0. The van der Waals surface area contributed by atoms with Gasteiger partial charge in [0.15, 0.2) is 0 Å². The van der Waals surface area contributed by atoms with Crippen LogP contribution in [0, 0.1) is 10.8 Å². The summed E-state index contributed by atoms with van der Waals surface area (Å²) in [7, 11) is 0. The van der Waals surface area contributed by atoms with Crippen molar-refractivity contribution in [2.45, 2.75) is 74.7 Å². The van der Waals surface area contributed by atoms with Gasteiger partial charge in [0.1, 0.15) is 6.61 Å². The van der Waals surface area contributed by atoms with Gasteiger partial charge in [-0.1, -0.05) is 60.9 Å². The number of rotatable bonds is 6. The Morgan fingerprint density at radius 3 is 2.41 bits per heavy atom. The van der Waals surface area contributed by atoms with E-state index in [-0.39, 0.29) is 11.4 Å². The van der Waals surface area contributed by atoms with Gasteiger partial charge in [0, 0.05) is 0 Å². The fraction of sp³-hybridized carbons (Fsp3) is 0.560. The van der Waals surface area contributed by atoms with Crippen LogP contribution in [-0.2, 0) is 9.53 Å². The highest BCUT2D eigenvalue weighted by Gasteiger charge is 2.26. The Labute approximate surface area is 166 Å². The Balaban J connectivity index is 2.62. The highest BCUT2D eigenvalue weighted by Crippen LogP contribution is 2.40. The second-order valence-corrected chi connectivity index (χ2v) is 9.33. The van der Waals surface area contributed by atoms with Crippen LogP contribution in [0.2, 0.25) is 0 Å². The van der Waals surface area contributed by atoms with Crippen LogP contribution in [0.5, 0.6) is 0 Å². The molecule has 0 bridgehead atoms. The molecule has 0 aromatic heterocycles. The van der Waals surface area contributed by atoms with Gasteiger partial charge in [-0.25, -0.2) is 0 Å². The first kappa shape index (κ1) is 23.2. The molecule has 0 atom stereocenters. The summed E-state index contributed by atoms with van der Waals surface area (Å²) in [5.41, 5.74) is 5.14. The molecule has 0 fully saturated rings. The maximum atomic E-state index is 11.7. The van der Waals surface area contributed by atoms with Gasteiger partial charge >= 0.3 is 5.97 Å². The second kappa shape index (κ2) is 9.92. The zero-order valence-electron chi connectivity index (χ0n) is 18.6. The smallest absolute Gasteiger partial charge is 0.311 e. The largest absolute Gasteiger partial charge is 0.461 e. The molecule has 0 saturated carbocycles. The summed E-state index contributed by atoms with van der Waals surface area (Å²) < 4.78 is 5.26. The summed E-state index contributed by atoms with van der Waals surface area (Å²) in [4.78, 5) is 11.7. The number of carbonyl (C=O) groups is 1. The Bertz CT molecular complexity index is 674. The van der Waals surface area contributed by atoms with E-state index in [1.807, 2.05) is 45.9 Å². The molecule has 0 radical (unpaired) electrons. The van der Waals surface area contributed by atoms with Gasteiger partial charge < -0.3 is 4.74 Å². The van der Waals surface area contributed by atoms with Gasteiger partial charge in [-0.3, -0.25) is 4.79 Å². The topological polar surface area (TPSA) is 26.3 Å². The van der Waals surface area contributed by atoms with Crippen LogP contribution >= 0.6 is 0 Å². The molecule has 0 spiro atoms. The van der Waals surface area contributed by atoms with Gasteiger partial charge in [-0.15, -0.1) is 0 Å². The zero-order chi connectivity index (χ0) is 20.7. The molecule has 27 heavy (non-hydrogen) atoms. The van der Waals surface area contributed by atoms with E-state index in [0.29, 0.717) is 6.61 Å². The van der Waals surface area contributed by atoms with E-state index in [9.17, 15) is 4.79 Å². The number of allylic oxidation sites excluding steroid dienone is 9. The summed E-state index contributed by atoms with van der Waals surface area (Å²) in [6, 6.07) is 0. The average Bonchev–Trinajstić information content (AvgIpc) is 2.52. The minimum atomic E-state index is -0.454. The molecule has 0 N–H and O–H groups in total. The molecular formula is C25H38O2. The van der Waals surface area contributed by atoms with E-state index in [4.69, 9.17) is 4.74 Å². The number of esters is 1. The average molecular weight is 371 g/mol. The van der Waals surface area contributed by atoms with Crippen molar-refractivity contribution in [2.75, 3.05) is 6.61 Å². The van der Waals surface area contributed by atoms with Crippen molar-refractivity contribution in [3.05, 3.63) is 58.7 Å². The Kier molecular flexibility index (Phi) is 8.53. The second-order valence-electron chi connectivity index (χ2n) is 9.33. The van der Waals surface area contributed by atoms with Crippen LogP contribution in [0.1, 0.15) is 74.7 Å². The normalized spacial score (nSPS) is 19.3. The summed E-state index contributed by atoms with van der Waals surface area (Å²) in [6.45, 7) is 17.0. The van der Waals surface area contributed by atoms with E-state index in [0.717, 1.165) is 5.57 Å². The van der Waals surface area contributed by atoms with E-state index in [2.05, 4.69) is 45.9 Å². The van der Waals surface area contributed by atoms with Gasteiger partial charge in [0.05, 0.1) is 5.41 Å². The lowest BCUT2D eigenvalue weighted by atomic mass is 9.72. The molecule has 0 heterocycles. The van der Waals surface area contributed by atoms with Crippen LogP contribution in [0.15, 0.2) is 58.7 Å². The fourth-order valence-corrected chi connectivity index (χ4v) is 3.17. The number of hydrogen-bond donors (Lipinski definition) is 0. The maximum Gasteiger partial charge on any atom is 0.311 e. The standard InChI is InChI=1S/C25H38O2/c1-19(14-15-22-21(3)13-10-17-25(22,7)8)11-9-12-20(2)16-18-27-23(26)24(4,5)6/h9,11-12,14-16H,10,13,17-18H2,1-8H3/b12-9+,15-14+,19-11+,20-16+. The number of carbonyl (C=O) groups excluding carboxylic acids is 1. The molecule has 1 rings (SSSR count). The Hall–Kier alpha value is -1.83. The molecule has 0 aromatic carbocycles. The monoisotopic (exact) mass is 370 g/mol. The quantitative estimate of drug-likeness (QED) is 0.368. The van der Waals surface area contributed by atoms with Crippen molar-refractivity contribution >= 4 is 5.97 Å². The van der Waals surface area contributed by atoms with Gasteiger partial charge in [0.25, 0.3) is 0 Å². The molecule has 1 aliphatic carbocycles. The Morgan fingerprint density at radius 2 is 1.81 bits per heavy atom.